The second kappa shape index (κ2) is 7.00. The van der Waals surface area contributed by atoms with Gasteiger partial charge in [0.1, 0.15) is 6.04 Å². The monoisotopic (exact) mass is 270 g/mol. The van der Waals surface area contributed by atoms with Crippen LogP contribution in [0.3, 0.4) is 0 Å². The highest BCUT2D eigenvalue weighted by Gasteiger charge is 2.17. The van der Waals surface area contributed by atoms with Gasteiger partial charge in [-0.25, -0.2) is 9.59 Å². The third kappa shape index (κ3) is 4.37. The molecule has 0 saturated carbocycles. The number of aliphatic carboxylic acids is 1. The molecule has 1 rings (SSSR count). The maximum atomic E-state index is 11.5. The zero-order valence-electron chi connectivity index (χ0n) is 10.5. The Morgan fingerprint density at radius 1 is 1.33 bits per heavy atom. The molecule has 100 valence electrons. The predicted octanol–water partition coefficient (Wildman–Crippen LogP) is 1.97. The first-order chi connectivity index (χ1) is 8.56. The summed E-state index contributed by atoms with van der Waals surface area (Å²) >= 11 is 1.65. The van der Waals surface area contributed by atoms with E-state index in [9.17, 15) is 9.59 Å². The van der Waals surface area contributed by atoms with E-state index in [4.69, 9.17) is 5.11 Å². The van der Waals surface area contributed by atoms with Gasteiger partial charge in [0.05, 0.1) is 6.54 Å². The molecule has 1 aromatic heterocycles. The smallest absolute Gasteiger partial charge is 0.326 e. The number of carboxylic acids is 1. The highest BCUT2D eigenvalue weighted by atomic mass is 32.1. The fourth-order valence-corrected chi connectivity index (χ4v) is 2.32. The number of hydrogen-bond acceptors (Lipinski definition) is 3. The predicted molar refractivity (Wildman–Crippen MR) is 70.8 cm³/mol. The van der Waals surface area contributed by atoms with Crippen molar-refractivity contribution in [2.45, 2.75) is 39.3 Å². The number of hydrogen-bond donors (Lipinski definition) is 3. The molecule has 0 radical (unpaired) electrons. The van der Waals surface area contributed by atoms with Gasteiger partial charge >= 0.3 is 12.0 Å². The molecule has 1 aromatic rings. The largest absolute Gasteiger partial charge is 0.480 e. The van der Waals surface area contributed by atoms with E-state index in [1.54, 1.807) is 18.3 Å². The van der Waals surface area contributed by atoms with Crippen molar-refractivity contribution >= 4 is 23.3 Å². The van der Waals surface area contributed by atoms with Gasteiger partial charge in [0.15, 0.2) is 0 Å². The maximum absolute atomic E-state index is 11.5. The van der Waals surface area contributed by atoms with Gasteiger partial charge in [0.2, 0.25) is 0 Å². The molecule has 0 aliphatic rings. The zero-order chi connectivity index (χ0) is 13.5. The second-order valence-corrected chi connectivity index (χ2v) is 5.10. The van der Waals surface area contributed by atoms with E-state index in [0.717, 1.165) is 11.3 Å². The van der Waals surface area contributed by atoms with Crippen molar-refractivity contribution in [3.63, 3.8) is 0 Å². The molecular weight excluding hydrogens is 252 g/mol. The number of carbonyl (C=O) groups excluding carboxylic acids is 1. The van der Waals surface area contributed by atoms with Crippen molar-refractivity contribution in [3.05, 3.63) is 21.9 Å². The summed E-state index contributed by atoms with van der Waals surface area (Å²) < 4.78 is 0. The third-order valence-electron chi connectivity index (χ3n) is 2.50. The molecule has 0 unspecified atom stereocenters. The minimum absolute atomic E-state index is 0.363. The molecule has 2 amide bonds. The number of aryl methyl sites for hydroxylation is 1. The summed E-state index contributed by atoms with van der Waals surface area (Å²) in [5, 5.41) is 13.9. The molecular formula is C12H18N2O3S. The van der Waals surface area contributed by atoms with Crippen LogP contribution in [0.1, 0.15) is 30.0 Å². The average Bonchev–Trinajstić information content (AvgIpc) is 2.81. The zero-order valence-corrected chi connectivity index (χ0v) is 11.3. The van der Waals surface area contributed by atoms with Crippen molar-refractivity contribution in [3.8, 4) is 0 Å². The molecule has 1 atom stereocenters. The lowest BCUT2D eigenvalue weighted by atomic mass is 10.2. The molecule has 0 aliphatic carbocycles. The lowest BCUT2D eigenvalue weighted by Gasteiger charge is -2.12. The van der Waals surface area contributed by atoms with Crippen LogP contribution in [-0.2, 0) is 17.8 Å². The minimum Gasteiger partial charge on any atom is -0.480 e. The standard InChI is InChI=1S/C12H18N2O3S/c1-3-8-5-6-9(18-8)7-13-12(17)14-10(4-2)11(15)16/h5-6,10H,3-4,7H2,1-2H3,(H,15,16)(H2,13,14,17)/t10-/m1/s1. The molecule has 1 heterocycles. The number of carboxylic acid groups (broad SMARTS) is 1. The van der Waals surface area contributed by atoms with E-state index >= 15 is 0 Å². The van der Waals surface area contributed by atoms with Crippen LogP contribution < -0.4 is 10.6 Å². The van der Waals surface area contributed by atoms with Gasteiger partial charge in [0, 0.05) is 9.75 Å². The van der Waals surface area contributed by atoms with E-state index in [2.05, 4.69) is 17.6 Å². The molecule has 0 saturated heterocycles. The van der Waals surface area contributed by atoms with Gasteiger partial charge in [-0.15, -0.1) is 11.3 Å². The lowest BCUT2D eigenvalue weighted by molar-refractivity contribution is -0.139. The van der Waals surface area contributed by atoms with Gasteiger partial charge in [-0.3, -0.25) is 0 Å². The maximum Gasteiger partial charge on any atom is 0.326 e. The van der Waals surface area contributed by atoms with Crippen molar-refractivity contribution in [2.75, 3.05) is 0 Å². The van der Waals surface area contributed by atoms with Crippen LogP contribution in [0, 0.1) is 0 Å². The van der Waals surface area contributed by atoms with Crippen LogP contribution in [0.4, 0.5) is 4.79 Å². The number of rotatable bonds is 6. The normalized spacial score (nSPS) is 11.9. The van der Waals surface area contributed by atoms with E-state index in [1.807, 2.05) is 12.1 Å². The van der Waals surface area contributed by atoms with Crippen LogP contribution in [-0.4, -0.2) is 23.1 Å². The van der Waals surface area contributed by atoms with Gasteiger partial charge < -0.3 is 15.7 Å². The Labute approximate surface area is 110 Å². The van der Waals surface area contributed by atoms with Crippen molar-refractivity contribution < 1.29 is 14.7 Å². The summed E-state index contributed by atoms with van der Waals surface area (Å²) in [6.07, 6.45) is 1.34. The highest BCUT2D eigenvalue weighted by Crippen LogP contribution is 2.16. The van der Waals surface area contributed by atoms with Crippen LogP contribution in [0.2, 0.25) is 0 Å². The van der Waals surface area contributed by atoms with Crippen LogP contribution in [0.25, 0.3) is 0 Å². The average molecular weight is 270 g/mol. The number of carbonyl (C=O) groups is 2. The van der Waals surface area contributed by atoms with E-state index < -0.39 is 18.0 Å². The Morgan fingerprint density at radius 3 is 2.50 bits per heavy atom. The Kier molecular flexibility index (Phi) is 5.64. The summed E-state index contributed by atoms with van der Waals surface area (Å²) in [5.41, 5.74) is 0. The Morgan fingerprint density at radius 2 is 2.00 bits per heavy atom. The number of thiophene rings is 1. The van der Waals surface area contributed by atoms with Crippen molar-refractivity contribution in [1.29, 1.82) is 0 Å². The molecule has 0 spiro atoms. The van der Waals surface area contributed by atoms with Crippen LogP contribution in [0.5, 0.6) is 0 Å². The summed E-state index contributed by atoms with van der Waals surface area (Å²) in [5.74, 6) is -1.02. The third-order valence-corrected chi connectivity index (χ3v) is 3.73. The van der Waals surface area contributed by atoms with Gasteiger partial charge in [-0.05, 0) is 25.0 Å². The van der Waals surface area contributed by atoms with Gasteiger partial charge in [-0.2, -0.15) is 0 Å². The minimum atomic E-state index is -1.02. The van der Waals surface area contributed by atoms with E-state index in [-0.39, 0.29) is 0 Å². The van der Waals surface area contributed by atoms with Gasteiger partial charge in [-0.1, -0.05) is 13.8 Å². The van der Waals surface area contributed by atoms with Crippen LogP contribution >= 0.6 is 11.3 Å². The topological polar surface area (TPSA) is 78.4 Å². The first-order valence-electron chi connectivity index (χ1n) is 5.91. The second-order valence-electron chi connectivity index (χ2n) is 3.85. The first kappa shape index (κ1) is 14.5. The molecule has 18 heavy (non-hydrogen) atoms. The summed E-state index contributed by atoms with van der Waals surface area (Å²) in [6.45, 7) is 4.22. The summed E-state index contributed by atoms with van der Waals surface area (Å²) in [7, 11) is 0. The Hall–Kier alpha value is -1.56. The van der Waals surface area contributed by atoms with Crippen LogP contribution in [0.15, 0.2) is 12.1 Å². The molecule has 0 aromatic carbocycles. The van der Waals surface area contributed by atoms with Gasteiger partial charge in [0.25, 0.3) is 0 Å². The lowest BCUT2D eigenvalue weighted by Crippen LogP contribution is -2.45. The number of nitrogens with one attached hydrogen (secondary N) is 2. The SMILES string of the molecule is CCc1ccc(CNC(=O)N[C@H](CC)C(=O)O)s1. The first-order valence-corrected chi connectivity index (χ1v) is 6.73. The molecule has 0 aliphatic heterocycles. The molecule has 6 heteroatoms. The molecule has 5 nitrogen and oxygen atoms in total. The van der Waals surface area contributed by atoms with Crippen molar-refractivity contribution in [1.82, 2.24) is 10.6 Å². The summed E-state index contributed by atoms with van der Waals surface area (Å²) in [4.78, 5) is 24.6. The quantitative estimate of drug-likeness (QED) is 0.739. The highest BCUT2D eigenvalue weighted by molar-refractivity contribution is 7.11. The fraction of sp³-hybridized carbons (Fsp3) is 0.500. The molecule has 3 N–H and O–H groups in total. The number of amides is 2. The Balaban J connectivity index is 2.38. The Bertz CT molecular complexity index is 417. The molecule has 0 fully saturated rings. The van der Waals surface area contributed by atoms with E-state index in [1.165, 1.54) is 4.88 Å². The summed E-state index contributed by atoms with van der Waals surface area (Å²) in [6, 6.07) is 2.72. The van der Waals surface area contributed by atoms with Crippen molar-refractivity contribution in [2.24, 2.45) is 0 Å². The molecule has 0 bridgehead atoms. The number of urea groups is 1. The van der Waals surface area contributed by atoms with E-state index in [0.29, 0.717) is 13.0 Å². The fourth-order valence-electron chi connectivity index (χ4n) is 1.42.